The van der Waals surface area contributed by atoms with E-state index < -0.39 is 18.2 Å². The van der Waals surface area contributed by atoms with Crippen LogP contribution in [0.4, 0.5) is 0 Å². The Labute approximate surface area is 363 Å². The van der Waals surface area contributed by atoms with Gasteiger partial charge in [0.25, 0.3) is 0 Å². The number of ether oxygens (including phenoxy) is 1. The van der Waals surface area contributed by atoms with Crippen molar-refractivity contribution in [2.24, 2.45) is 0 Å². The van der Waals surface area contributed by atoms with Crippen LogP contribution in [0.3, 0.4) is 0 Å². The number of unbranched alkanes of at least 4 members (excludes halogenated alkanes) is 13. The van der Waals surface area contributed by atoms with Crippen molar-refractivity contribution in [3.63, 3.8) is 0 Å². The minimum Gasteiger partial charge on any atom is -0.462 e. The van der Waals surface area contributed by atoms with Gasteiger partial charge in [0.15, 0.2) is 0 Å². The van der Waals surface area contributed by atoms with E-state index in [1.807, 2.05) is 0 Å². The van der Waals surface area contributed by atoms with Gasteiger partial charge in [-0.3, -0.25) is 9.59 Å². The molecule has 3 unspecified atom stereocenters. The first kappa shape index (κ1) is 55.8. The van der Waals surface area contributed by atoms with Crippen molar-refractivity contribution in [3.8, 4) is 0 Å². The average molecular weight is 820 g/mol. The second-order valence-corrected chi connectivity index (χ2v) is 15.7. The minimum atomic E-state index is -0.807. The Balaban J connectivity index is 4.75. The third-order valence-corrected chi connectivity index (χ3v) is 10.2. The molecule has 0 aliphatic rings. The lowest BCUT2D eigenvalue weighted by Crippen LogP contribution is -2.46. The van der Waals surface area contributed by atoms with Gasteiger partial charge in [0.05, 0.1) is 25.2 Å². The van der Waals surface area contributed by atoms with Crippen LogP contribution in [0.15, 0.2) is 97.2 Å². The Morgan fingerprint density at radius 3 is 1.39 bits per heavy atom. The summed E-state index contributed by atoms with van der Waals surface area (Å²) in [5, 5.41) is 23.6. The third-order valence-electron chi connectivity index (χ3n) is 10.2. The molecule has 0 bridgehead atoms. The summed E-state index contributed by atoms with van der Waals surface area (Å²) < 4.78 is 5.88. The molecule has 0 heterocycles. The Morgan fingerprint density at radius 2 is 0.915 bits per heavy atom. The summed E-state index contributed by atoms with van der Waals surface area (Å²) in [6.07, 6.45) is 60.4. The Hall–Kier alpha value is -3.22. The fraction of sp³-hybridized carbons (Fsp3) is 0.660. The van der Waals surface area contributed by atoms with Gasteiger partial charge in [0.2, 0.25) is 5.91 Å². The van der Waals surface area contributed by atoms with Crippen LogP contribution in [0, 0.1) is 0 Å². The highest BCUT2D eigenvalue weighted by Crippen LogP contribution is 2.16. The highest BCUT2D eigenvalue weighted by atomic mass is 16.5. The largest absolute Gasteiger partial charge is 0.462 e. The molecule has 0 aromatic carbocycles. The zero-order chi connectivity index (χ0) is 43.1. The summed E-state index contributed by atoms with van der Waals surface area (Å²) >= 11 is 0. The molecule has 0 saturated carbocycles. The number of hydrogen-bond acceptors (Lipinski definition) is 5. The van der Waals surface area contributed by atoms with E-state index in [0.717, 1.165) is 109 Å². The standard InChI is InChI=1S/C53H89NO5/c1-4-7-10-13-16-19-21-23-25-26-27-29-31-34-37-40-43-46-53(58)59-49(44-41-38-35-33-30-28-24-22-20-17-14-11-8-5-2)47-52(57)54-50(48-55)51(56)45-42-39-36-32-18-15-12-9-6-3/h7-8,10-11,16-17,19-20,23-25,27-29,34,37,49-51,55-56H,4-6,9,12-15,18,21-22,26,30-33,35-36,38-48H2,1-3H3,(H,54,57)/b10-7-,11-8+,19-16-,20-17+,25-23-,28-24+,29-27-,37-34-. The van der Waals surface area contributed by atoms with Gasteiger partial charge in [0, 0.05) is 6.42 Å². The molecule has 0 aliphatic carbocycles. The summed E-state index contributed by atoms with van der Waals surface area (Å²) in [5.74, 6) is -0.577. The van der Waals surface area contributed by atoms with Gasteiger partial charge in [-0.1, -0.05) is 189 Å². The van der Waals surface area contributed by atoms with Crippen molar-refractivity contribution in [1.29, 1.82) is 0 Å². The molecule has 6 heteroatoms. The van der Waals surface area contributed by atoms with Crippen molar-refractivity contribution < 1.29 is 24.5 Å². The van der Waals surface area contributed by atoms with Gasteiger partial charge in [-0.05, 0) is 96.3 Å². The zero-order valence-electron chi connectivity index (χ0n) is 38.1. The van der Waals surface area contributed by atoms with Crippen LogP contribution in [0.1, 0.15) is 201 Å². The molecule has 0 aromatic heterocycles. The third kappa shape index (κ3) is 41.3. The van der Waals surface area contributed by atoms with Gasteiger partial charge in [-0.15, -0.1) is 0 Å². The predicted molar refractivity (Wildman–Crippen MR) is 254 cm³/mol. The molecule has 336 valence electrons. The highest BCUT2D eigenvalue weighted by Gasteiger charge is 2.24. The van der Waals surface area contributed by atoms with E-state index in [4.69, 9.17) is 4.74 Å². The lowest BCUT2D eigenvalue weighted by Gasteiger charge is -2.24. The number of aliphatic hydroxyl groups is 2. The van der Waals surface area contributed by atoms with E-state index in [-0.39, 0.29) is 24.9 Å². The summed E-state index contributed by atoms with van der Waals surface area (Å²) in [5.41, 5.74) is 0. The van der Waals surface area contributed by atoms with Crippen LogP contribution >= 0.6 is 0 Å². The van der Waals surface area contributed by atoms with Crippen molar-refractivity contribution in [3.05, 3.63) is 97.2 Å². The van der Waals surface area contributed by atoms with Crippen molar-refractivity contribution in [2.75, 3.05) is 6.61 Å². The summed E-state index contributed by atoms with van der Waals surface area (Å²) in [7, 11) is 0. The van der Waals surface area contributed by atoms with Gasteiger partial charge >= 0.3 is 5.97 Å². The van der Waals surface area contributed by atoms with E-state index >= 15 is 0 Å². The first-order valence-electron chi connectivity index (χ1n) is 24.0. The number of hydrogen-bond donors (Lipinski definition) is 3. The van der Waals surface area contributed by atoms with E-state index in [1.165, 1.54) is 38.5 Å². The van der Waals surface area contributed by atoms with Crippen LogP contribution in [0.5, 0.6) is 0 Å². The smallest absolute Gasteiger partial charge is 0.306 e. The lowest BCUT2D eigenvalue weighted by molar-refractivity contribution is -0.151. The second-order valence-electron chi connectivity index (χ2n) is 15.7. The number of allylic oxidation sites excluding steroid dienone is 16. The fourth-order valence-corrected chi connectivity index (χ4v) is 6.60. The van der Waals surface area contributed by atoms with Crippen LogP contribution in [-0.4, -0.2) is 46.9 Å². The second kappa shape index (κ2) is 45.9. The van der Waals surface area contributed by atoms with E-state index in [1.54, 1.807) is 0 Å². The maximum atomic E-state index is 13.1. The molecule has 0 radical (unpaired) electrons. The summed E-state index contributed by atoms with van der Waals surface area (Å²) in [6.45, 7) is 6.20. The van der Waals surface area contributed by atoms with Crippen molar-refractivity contribution in [1.82, 2.24) is 5.32 Å². The van der Waals surface area contributed by atoms with Crippen LogP contribution in [-0.2, 0) is 14.3 Å². The normalized spacial score (nSPS) is 14.2. The topological polar surface area (TPSA) is 95.9 Å². The molecule has 0 fully saturated rings. The number of rotatable bonds is 41. The van der Waals surface area contributed by atoms with Crippen LogP contribution < -0.4 is 5.32 Å². The molecule has 0 rings (SSSR count). The molecule has 3 atom stereocenters. The Kier molecular flexibility index (Phi) is 43.4. The maximum absolute atomic E-state index is 13.1. The number of amides is 1. The monoisotopic (exact) mass is 820 g/mol. The first-order valence-corrected chi connectivity index (χ1v) is 24.0. The van der Waals surface area contributed by atoms with Gasteiger partial charge < -0.3 is 20.3 Å². The maximum Gasteiger partial charge on any atom is 0.306 e. The molecule has 3 N–H and O–H groups in total. The van der Waals surface area contributed by atoms with Crippen molar-refractivity contribution >= 4 is 11.9 Å². The Bertz CT molecular complexity index is 1190. The lowest BCUT2D eigenvalue weighted by atomic mass is 10.0. The molecule has 59 heavy (non-hydrogen) atoms. The molecular formula is C53H89NO5. The molecule has 1 amide bonds. The number of nitrogens with one attached hydrogen (secondary N) is 1. The van der Waals surface area contributed by atoms with Gasteiger partial charge in [-0.25, -0.2) is 0 Å². The van der Waals surface area contributed by atoms with Crippen molar-refractivity contribution in [2.45, 2.75) is 219 Å². The number of carbonyl (C=O) groups is 2. The molecule has 0 saturated heterocycles. The average Bonchev–Trinajstić information content (AvgIpc) is 3.23. The Morgan fingerprint density at radius 1 is 0.508 bits per heavy atom. The van der Waals surface area contributed by atoms with Crippen LogP contribution in [0.25, 0.3) is 0 Å². The predicted octanol–water partition coefficient (Wildman–Crippen LogP) is 14.2. The fourth-order valence-electron chi connectivity index (χ4n) is 6.60. The summed E-state index contributed by atoms with van der Waals surface area (Å²) in [4.78, 5) is 26.0. The highest BCUT2D eigenvalue weighted by molar-refractivity contribution is 5.77. The SMILES string of the molecule is CC/C=C\C/C=C\C/C=C\C/C=C\C/C=C\CCCC(=O)OC(CCCCCC/C=C/C/C=C/C/C=C/CC)CC(=O)NC(CO)C(O)CCCCCCCCCCC. The number of carbonyl (C=O) groups excluding carboxylic acids is 2. The number of aliphatic hydroxyl groups excluding tert-OH is 2. The number of esters is 1. The van der Waals surface area contributed by atoms with Gasteiger partial charge in [0.1, 0.15) is 6.10 Å². The molecular weight excluding hydrogens is 731 g/mol. The zero-order valence-corrected chi connectivity index (χ0v) is 38.1. The first-order chi connectivity index (χ1) is 29.0. The molecule has 0 aliphatic heterocycles. The van der Waals surface area contributed by atoms with Crippen LogP contribution in [0.2, 0.25) is 0 Å². The minimum absolute atomic E-state index is 0.0340. The summed E-state index contributed by atoms with van der Waals surface area (Å²) in [6, 6.07) is -0.724. The molecule has 0 aromatic rings. The van der Waals surface area contributed by atoms with E-state index in [9.17, 15) is 19.8 Å². The quantitative estimate of drug-likeness (QED) is 0.0324. The van der Waals surface area contributed by atoms with E-state index in [2.05, 4.69) is 123 Å². The van der Waals surface area contributed by atoms with E-state index in [0.29, 0.717) is 25.7 Å². The van der Waals surface area contributed by atoms with Gasteiger partial charge in [-0.2, -0.15) is 0 Å². The molecule has 6 nitrogen and oxygen atoms in total. The molecule has 0 spiro atoms.